The van der Waals surface area contributed by atoms with Crippen LogP contribution in [0.4, 0.5) is 0 Å². The topological polar surface area (TPSA) is 46.3 Å². The van der Waals surface area contributed by atoms with Crippen LogP contribution in [0.3, 0.4) is 0 Å². The van der Waals surface area contributed by atoms with Gasteiger partial charge in [-0.05, 0) is 43.0 Å². The van der Waals surface area contributed by atoms with Crippen LogP contribution in [0.2, 0.25) is 0 Å². The Morgan fingerprint density at radius 2 is 2.32 bits per heavy atom. The van der Waals surface area contributed by atoms with E-state index < -0.39 is 0 Å². The van der Waals surface area contributed by atoms with Crippen LogP contribution >= 0.6 is 0 Å². The van der Waals surface area contributed by atoms with E-state index in [-0.39, 0.29) is 11.9 Å². The molecule has 4 heteroatoms. The number of pyridine rings is 1. The zero-order valence-electron chi connectivity index (χ0n) is 13.0. The minimum Gasteiger partial charge on any atom is -0.464 e. The predicted molar refractivity (Wildman–Crippen MR) is 84.3 cm³/mol. The summed E-state index contributed by atoms with van der Waals surface area (Å²) < 4.78 is 5.86. The van der Waals surface area contributed by atoms with Crippen LogP contribution in [0.15, 0.2) is 41.1 Å². The molecule has 3 rings (SSSR count). The predicted octanol–water partition coefficient (Wildman–Crippen LogP) is 3.53. The monoisotopic (exact) mass is 298 g/mol. The minimum atomic E-state index is 0.113. The van der Waals surface area contributed by atoms with Crippen molar-refractivity contribution in [3.8, 4) is 0 Å². The molecule has 0 bridgehead atoms. The maximum absolute atomic E-state index is 12.5. The molecule has 0 unspecified atom stereocenters. The lowest BCUT2D eigenvalue weighted by molar-refractivity contribution is -0.132. The number of hydrogen-bond donors (Lipinski definition) is 0. The maximum Gasteiger partial charge on any atom is 0.223 e. The molecular formula is C18H22N2O2. The van der Waals surface area contributed by atoms with Crippen LogP contribution in [-0.4, -0.2) is 22.3 Å². The number of nitrogens with zero attached hydrogens (tertiary/aromatic N) is 2. The number of aryl methyl sites for hydroxylation is 2. The summed E-state index contributed by atoms with van der Waals surface area (Å²) in [5, 5.41) is 0. The van der Waals surface area contributed by atoms with Gasteiger partial charge in [0.2, 0.25) is 5.91 Å². The molecule has 1 saturated heterocycles. The molecule has 1 fully saturated rings. The van der Waals surface area contributed by atoms with Gasteiger partial charge in [0.25, 0.3) is 0 Å². The normalized spacial score (nSPS) is 17.9. The van der Waals surface area contributed by atoms with E-state index in [1.165, 1.54) is 0 Å². The minimum absolute atomic E-state index is 0.113. The van der Waals surface area contributed by atoms with Gasteiger partial charge in [0.1, 0.15) is 11.5 Å². The summed E-state index contributed by atoms with van der Waals surface area (Å²) in [7, 11) is 0. The van der Waals surface area contributed by atoms with Gasteiger partial charge in [-0.15, -0.1) is 0 Å². The van der Waals surface area contributed by atoms with Gasteiger partial charge in [-0.2, -0.15) is 0 Å². The van der Waals surface area contributed by atoms with Gasteiger partial charge in [0.15, 0.2) is 0 Å². The molecule has 0 N–H and O–H groups in total. The molecule has 116 valence electrons. The van der Waals surface area contributed by atoms with Gasteiger partial charge in [-0.25, -0.2) is 0 Å². The van der Waals surface area contributed by atoms with Crippen LogP contribution in [0, 0.1) is 0 Å². The summed E-state index contributed by atoms with van der Waals surface area (Å²) in [4.78, 5) is 18.6. The molecule has 0 spiro atoms. The molecule has 0 aromatic carbocycles. The van der Waals surface area contributed by atoms with Crippen LogP contribution in [-0.2, 0) is 17.6 Å². The average molecular weight is 298 g/mol. The SMILES string of the molecule is CCc1ccc([C@H]2CCCN2C(=O)CCc2cccnc2)o1. The Morgan fingerprint density at radius 1 is 1.41 bits per heavy atom. The third-order valence-corrected chi connectivity index (χ3v) is 4.28. The summed E-state index contributed by atoms with van der Waals surface area (Å²) in [5.74, 6) is 2.13. The van der Waals surface area contributed by atoms with Gasteiger partial charge in [-0.3, -0.25) is 9.78 Å². The molecule has 1 atom stereocenters. The molecule has 0 aliphatic carbocycles. The lowest BCUT2D eigenvalue weighted by Crippen LogP contribution is -2.30. The third kappa shape index (κ3) is 3.21. The first kappa shape index (κ1) is 14.8. The van der Waals surface area contributed by atoms with Crippen LogP contribution < -0.4 is 0 Å². The zero-order chi connectivity index (χ0) is 15.4. The van der Waals surface area contributed by atoms with E-state index in [2.05, 4.69) is 11.9 Å². The molecule has 1 amide bonds. The highest BCUT2D eigenvalue weighted by atomic mass is 16.3. The Hall–Kier alpha value is -2.10. The summed E-state index contributed by atoms with van der Waals surface area (Å²) in [6, 6.07) is 8.08. The van der Waals surface area contributed by atoms with E-state index in [1.54, 1.807) is 6.20 Å². The smallest absolute Gasteiger partial charge is 0.223 e. The Morgan fingerprint density at radius 3 is 3.05 bits per heavy atom. The number of amides is 1. The number of likely N-dealkylation sites (tertiary alicyclic amines) is 1. The largest absolute Gasteiger partial charge is 0.464 e. The standard InChI is InChI=1S/C18H22N2O2/c1-2-15-8-9-17(22-15)16-6-4-12-20(16)18(21)10-7-14-5-3-11-19-13-14/h3,5,8-9,11,13,16H,2,4,6-7,10,12H2,1H3/t16-/m1/s1. The number of carbonyl (C=O) groups is 1. The fourth-order valence-corrected chi connectivity index (χ4v) is 3.07. The summed E-state index contributed by atoms with van der Waals surface area (Å²) >= 11 is 0. The summed E-state index contributed by atoms with van der Waals surface area (Å²) in [5.41, 5.74) is 1.11. The molecule has 22 heavy (non-hydrogen) atoms. The van der Waals surface area contributed by atoms with E-state index >= 15 is 0 Å². The maximum atomic E-state index is 12.5. The van der Waals surface area contributed by atoms with E-state index in [0.29, 0.717) is 6.42 Å². The quantitative estimate of drug-likeness (QED) is 0.848. The highest BCUT2D eigenvalue weighted by Crippen LogP contribution is 2.33. The van der Waals surface area contributed by atoms with E-state index in [9.17, 15) is 4.79 Å². The molecule has 0 radical (unpaired) electrons. The van der Waals surface area contributed by atoms with Crippen LogP contribution in [0.5, 0.6) is 0 Å². The Bertz CT molecular complexity index is 621. The first-order chi connectivity index (χ1) is 10.8. The number of carbonyl (C=O) groups excluding carboxylic acids is 1. The Balaban J connectivity index is 1.63. The van der Waals surface area contributed by atoms with Gasteiger partial charge in [-0.1, -0.05) is 13.0 Å². The molecule has 3 heterocycles. The van der Waals surface area contributed by atoms with Crippen molar-refractivity contribution in [1.82, 2.24) is 9.88 Å². The molecule has 4 nitrogen and oxygen atoms in total. The van der Waals surface area contributed by atoms with Gasteiger partial charge in [0.05, 0.1) is 6.04 Å². The average Bonchev–Trinajstić information content (AvgIpc) is 3.21. The third-order valence-electron chi connectivity index (χ3n) is 4.28. The molecule has 2 aromatic heterocycles. The fraction of sp³-hybridized carbons (Fsp3) is 0.444. The molecular weight excluding hydrogens is 276 g/mol. The second-order valence-electron chi connectivity index (χ2n) is 5.76. The molecule has 1 aliphatic heterocycles. The number of aromatic nitrogens is 1. The van der Waals surface area contributed by atoms with Crippen LogP contribution in [0.25, 0.3) is 0 Å². The van der Waals surface area contributed by atoms with E-state index in [0.717, 1.165) is 49.3 Å². The highest BCUT2D eigenvalue weighted by molar-refractivity contribution is 5.77. The molecule has 0 saturated carbocycles. The van der Waals surface area contributed by atoms with Crippen molar-refractivity contribution in [2.24, 2.45) is 0 Å². The fourth-order valence-electron chi connectivity index (χ4n) is 3.07. The van der Waals surface area contributed by atoms with Crippen molar-refractivity contribution >= 4 is 5.91 Å². The highest BCUT2D eigenvalue weighted by Gasteiger charge is 2.31. The lowest BCUT2D eigenvalue weighted by Gasteiger charge is -2.23. The Kier molecular flexibility index (Phi) is 4.56. The van der Waals surface area contributed by atoms with Crippen molar-refractivity contribution < 1.29 is 9.21 Å². The van der Waals surface area contributed by atoms with Crippen LogP contribution in [0.1, 0.15) is 49.3 Å². The van der Waals surface area contributed by atoms with Crippen molar-refractivity contribution in [3.63, 3.8) is 0 Å². The first-order valence-corrected chi connectivity index (χ1v) is 8.05. The zero-order valence-corrected chi connectivity index (χ0v) is 13.0. The van der Waals surface area contributed by atoms with E-state index in [4.69, 9.17) is 4.42 Å². The van der Waals surface area contributed by atoms with Crippen molar-refractivity contribution in [1.29, 1.82) is 0 Å². The second-order valence-corrected chi connectivity index (χ2v) is 5.76. The Labute approximate surface area is 131 Å². The van der Waals surface area contributed by atoms with Gasteiger partial charge in [0, 0.05) is 31.8 Å². The lowest BCUT2D eigenvalue weighted by atomic mass is 10.1. The first-order valence-electron chi connectivity index (χ1n) is 8.05. The number of hydrogen-bond acceptors (Lipinski definition) is 3. The van der Waals surface area contributed by atoms with E-state index in [1.807, 2.05) is 35.4 Å². The second kappa shape index (κ2) is 6.77. The summed E-state index contributed by atoms with van der Waals surface area (Å²) in [6.07, 6.45) is 7.79. The van der Waals surface area contributed by atoms with Crippen molar-refractivity contribution in [2.45, 2.75) is 45.1 Å². The van der Waals surface area contributed by atoms with Crippen molar-refractivity contribution in [3.05, 3.63) is 53.7 Å². The number of rotatable bonds is 5. The number of furan rings is 1. The van der Waals surface area contributed by atoms with Gasteiger partial charge >= 0.3 is 0 Å². The van der Waals surface area contributed by atoms with Crippen molar-refractivity contribution in [2.75, 3.05) is 6.54 Å². The van der Waals surface area contributed by atoms with Gasteiger partial charge < -0.3 is 9.32 Å². The molecule has 2 aromatic rings. The molecule has 1 aliphatic rings. The summed E-state index contributed by atoms with van der Waals surface area (Å²) in [6.45, 7) is 2.91.